The van der Waals surface area contributed by atoms with E-state index < -0.39 is 0 Å². The number of rotatable bonds is 8. The predicted octanol–water partition coefficient (Wildman–Crippen LogP) is 5.35. The average Bonchev–Trinajstić information content (AvgIpc) is 3.18. The molecule has 0 spiro atoms. The van der Waals surface area contributed by atoms with Gasteiger partial charge in [-0.2, -0.15) is 0 Å². The molecule has 1 unspecified atom stereocenters. The van der Waals surface area contributed by atoms with E-state index in [0.29, 0.717) is 6.61 Å². The minimum atomic E-state index is -0.0423. The number of hydrogen-bond donors (Lipinski definition) is 0. The van der Waals surface area contributed by atoms with Crippen LogP contribution < -0.4 is 0 Å². The molecule has 26 heavy (non-hydrogen) atoms. The minimum Gasteiger partial charge on any atom is -0.368 e. The van der Waals surface area contributed by atoms with Crippen LogP contribution in [0.3, 0.4) is 0 Å². The molecule has 1 aromatic heterocycles. The van der Waals surface area contributed by atoms with E-state index >= 15 is 0 Å². The lowest BCUT2D eigenvalue weighted by Gasteiger charge is -2.14. The van der Waals surface area contributed by atoms with Crippen molar-refractivity contribution in [2.75, 3.05) is 6.61 Å². The molecule has 0 N–H and O–H groups in total. The topological polar surface area (TPSA) is 27.1 Å². The molecule has 1 heterocycles. The molecular weight excluding hydrogens is 344 g/mol. The molecule has 0 saturated carbocycles. The lowest BCUT2D eigenvalue weighted by molar-refractivity contribution is 0.0968. The van der Waals surface area contributed by atoms with Crippen LogP contribution >= 0.6 is 11.6 Å². The van der Waals surface area contributed by atoms with Gasteiger partial charge in [0.05, 0.1) is 25.6 Å². The van der Waals surface area contributed by atoms with E-state index in [4.69, 9.17) is 16.3 Å². The smallest absolute Gasteiger partial charge is 0.0946 e. The van der Waals surface area contributed by atoms with Crippen LogP contribution in [0.4, 0.5) is 0 Å². The number of halogens is 1. The molecule has 0 fully saturated rings. The van der Waals surface area contributed by atoms with Crippen LogP contribution in [0.25, 0.3) is 12.2 Å². The summed E-state index contributed by atoms with van der Waals surface area (Å²) in [5, 5.41) is 0.741. The summed E-state index contributed by atoms with van der Waals surface area (Å²) in [4.78, 5) is 4.10. The second-order valence-electron chi connectivity index (χ2n) is 5.85. The molecule has 1 atom stereocenters. The van der Waals surface area contributed by atoms with Gasteiger partial charge >= 0.3 is 0 Å². The Labute approximate surface area is 159 Å². The van der Waals surface area contributed by atoms with Crippen LogP contribution in [0.15, 0.2) is 85.5 Å². The largest absolute Gasteiger partial charge is 0.368 e. The Morgan fingerprint density at radius 1 is 1.00 bits per heavy atom. The molecule has 2 aromatic carbocycles. The Morgan fingerprint density at radius 3 is 2.50 bits per heavy atom. The first kappa shape index (κ1) is 18.2. The Balaban J connectivity index is 1.59. The maximum Gasteiger partial charge on any atom is 0.0946 e. The number of ether oxygens (including phenoxy) is 1. The summed E-state index contributed by atoms with van der Waals surface area (Å²) in [6, 6.07) is 17.9. The summed E-state index contributed by atoms with van der Waals surface area (Å²) in [5.41, 5.74) is 2.26. The van der Waals surface area contributed by atoms with E-state index in [0.717, 1.165) is 22.7 Å². The number of hydrogen-bond acceptors (Lipinski definition) is 2. The lowest BCUT2D eigenvalue weighted by atomic mass is 10.2. The standard InChI is InChI=1S/C22H21ClN2O/c23-21-11-8-20(9-12-21)7-4-16-26-22(17-25-15-14-24-18-25)13-10-19-5-2-1-3-6-19/h1-15,18,22H,16-17H2/b7-4+,13-10+. The van der Waals surface area contributed by atoms with Gasteiger partial charge in [-0.3, -0.25) is 0 Å². The molecule has 0 bridgehead atoms. The van der Waals surface area contributed by atoms with Gasteiger partial charge in [0.1, 0.15) is 0 Å². The Hall–Kier alpha value is -2.62. The van der Waals surface area contributed by atoms with Crippen LogP contribution in [-0.2, 0) is 11.3 Å². The number of nitrogens with zero attached hydrogens (tertiary/aromatic N) is 2. The highest BCUT2D eigenvalue weighted by Crippen LogP contribution is 2.11. The molecule has 4 heteroatoms. The van der Waals surface area contributed by atoms with E-state index in [1.165, 1.54) is 0 Å². The molecule has 3 nitrogen and oxygen atoms in total. The highest BCUT2D eigenvalue weighted by Gasteiger charge is 2.05. The number of benzene rings is 2. The van der Waals surface area contributed by atoms with Crippen molar-refractivity contribution in [1.29, 1.82) is 0 Å². The van der Waals surface area contributed by atoms with Gasteiger partial charge in [-0.15, -0.1) is 0 Å². The molecule has 0 aliphatic rings. The maximum atomic E-state index is 6.03. The van der Waals surface area contributed by atoms with E-state index in [2.05, 4.69) is 29.3 Å². The molecule has 0 aliphatic carbocycles. The fourth-order valence-corrected chi connectivity index (χ4v) is 2.62. The van der Waals surface area contributed by atoms with Crippen LogP contribution in [0, 0.1) is 0 Å². The molecule has 0 aliphatic heterocycles. The number of imidazole rings is 1. The molecular formula is C22H21ClN2O. The predicted molar refractivity (Wildman–Crippen MR) is 108 cm³/mol. The normalized spacial score (nSPS) is 12.8. The summed E-state index contributed by atoms with van der Waals surface area (Å²) in [6.07, 6.45) is 13.7. The van der Waals surface area contributed by atoms with E-state index in [1.807, 2.05) is 65.4 Å². The van der Waals surface area contributed by atoms with Crippen LogP contribution in [0.5, 0.6) is 0 Å². The first-order valence-corrected chi connectivity index (χ1v) is 8.90. The monoisotopic (exact) mass is 364 g/mol. The van der Waals surface area contributed by atoms with Crippen molar-refractivity contribution in [3.63, 3.8) is 0 Å². The van der Waals surface area contributed by atoms with E-state index in [-0.39, 0.29) is 6.10 Å². The van der Waals surface area contributed by atoms with Crippen molar-refractivity contribution in [1.82, 2.24) is 9.55 Å². The Bertz CT molecular complexity index is 824. The summed E-state index contributed by atoms with van der Waals surface area (Å²) < 4.78 is 8.05. The van der Waals surface area contributed by atoms with Crippen LogP contribution in [0.2, 0.25) is 5.02 Å². The average molecular weight is 365 g/mol. The first-order chi connectivity index (χ1) is 12.8. The summed E-state index contributed by atoms with van der Waals surface area (Å²) in [5.74, 6) is 0. The van der Waals surface area contributed by atoms with Crippen molar-refractivity contribution < 1.29 is 4.74 Å². The SMILES string of the molecule is Clc1ccc(/C=C/COC(/C=C/c2ccccc2)Cn2ccnc2)cc1. The molecule has 0 saturated heterocycles. The van der Waals surface area contributed by atoms with Gasteiger partial charge in [0.15, 0.2) is 0 Å². The third-order valence-electron chi connectivity index (χ3n) is 3.84. The summed E-state index contributed by atoms with van der Waals surface area (Å²) in [7, 11) is 0. The third kappa shape index (κ3) is 6.03. The second kappa shape index (κ2) is 9.76. The summed E-state index contributed by atoms with van der Waals surface area (Å²) in [6.45, 7) is 1.25. The zero-order valence-electron chi connectivity index (χ0n) is 14.4. The summed E-state index contributed by atoms with van der Waals surface area (Å²) >= 11 is 5.90. The maximum absolute atomic E-state index is 6.03. The van der Waals surface area contributed by atoms with E-state index in [1.54, 1.807) is 12.5 Å². The highest BCUT2D eigenvalue weighted by atomic mass is 35.5. The van der Waals surface area contributed by atoms with Crippen molar-refractivity contribution in [3.8, 4) is 0 Å². The van der Waals surface area contributed by atoms with Crippen LogP contribution in [-0.4, -0.2) is 22.3 Å². The molecule has 0 radical (unpaired) electrons. The van der Waals surface area contributed by atoms with Crippen molar-refractivity contribution >= 4 is 23.8 Å². The van der Waals surface area contributed by atoms with Crippen molar-refractivity contribution in [2.45, 2.75) is 12.6 Å². The van der Waals surface area contributed by atoms with Gasteiger partial charge in [0.25, 0.3) is 0 Å². The Morgan fingerprint density at radius 2 is 1.77 bits per heavy atom. The van der Waals surface area contributed by atoms with Gasteiger partial charge in [0, 0.05) is 17.4 Å². The van der Waals surface area contributed by atoms with E-state index in [9.17, 15) is 0 Å². The second-order valence-corrected chi connectivity index (χ2v) is 6.29. The first-order valence-electron chi connectivity index (χ1n) is 8.52. The quantitative estimate of drug-likeness (QED) is 0.538. The molecule has 132 valence electrons. The zero-order valence-corrected chi connectivity index (χ0v) is 15.2. The van der Waals surface area contributed by atoms with Gasteiger partial charge in [0.2, 0.25) is 0 Å². The molecule has 3 aromatic rings. The lowest BCUT2D eigenvalue weighted by Crippen LogP contribution is -2.17. The van der Waals surface area contributed by atoms with Crippen molar-refractivity contribution in [2.24, 2.45) is 0 Å². The minimum absolute atomic E-state index is 0.0423. The highest BCUT2D eigenvalue weighted by molar-refractivity contribution is 6.30. The van der Waals surface area contributed by atoms with Gasteiger partial charge in [-0.1, -0.05) is 78.4 Å². The fraction of sp³-hybridized carbons (Fsp3) is 0.136. The Kier molecular flexibility index (Phi) is 6.82. The van der Waals surface area contributed by atoms with Gasteiger partial charge in [-0.25, -0.2) is 4.98 Å². The number of aromatic nitrogens is 2. The molecule has 0 amide bonds. The van der Waals surface area contributed by atoms with Gasteiger partial charge in [-0.05, 0) is 23.3 Å². The van der Waals surface area contributed by atoms with Gasteiger partial charge < -0.3 is 9.30 Å². The fourth-order valence-electron chi connectivity index (χ4n) is 2.49. The molecule has 3 rings (SSSR count). The van der Waals surface area contributed by atoms with Crippen LogP contribution in [0.1, 0.15) is 11.1 Å². The third-order valence-corrected chi connectivity index (χ3v) is 4.09. The zero-order chi connectivity index (χ0) is 18.0. The van der Waals surface area contributed by atoms with Crippen molar-refractivity contribution in [3.05, 3.63) is 102 Å².